The molecule has 0 aliphatic heterocycles. The second kappa shape index (κ2) is 9.40. The van der Waals surface area contributed by atoms with Gasteiger partial charge < -0.3 is 19.9 Å². The van der Waals surface area contributed by atoms with Crippen molar-refractivity contribution in [2.24, 2.45) is 0 Å². The largest absolute Gasteiger partial charge is 0.494 e. The van der Waals surface area contributed by atoms with Crippen molar-refractivity contribution in [3.8, 4) is 29.4 Å². The lowest BCUT2D eigenvalue weighted by molar-refractivity contribution is 0.249. The second-order valence-electron chi connectivity index (χ2n) is 8.42. The van der Waals surface area contributed by atoms with Gasteiger partial charge in [0.05, 0.1) is 23.4 Å². The Morgan fingerprint density at radius 1 is 1.22 bits per heavy atom. The summed E-state index contributed by atoms with van der Waals surface area (Å²) >= 11 is 0. The van der Waals surface area contributed by atoms with Crippen LogP contribution in [0.3, 0.4) is 0 Å². The van der Waals surface area contributed by atoms with Crippen molar-refractivity contribution in [3.05, 3.63) is 48.0 Å². The van der Waals surface area contributed by atoms with Crippen LogP contribution in [-0.2, 0) is 0 Å². The van der Waals surface area contributed by atoms with Crippen molar-refractivity contribution in [1.29, 1.82) is 0 Å². The molecule has 2 amide bonds. The van der Waals surface area contributed by atoms with Crippen molar-refractivity contribution < 1.29 is 9.53 Å². The van der Waals surface area contributed by atoms with E-state index in [1.165, 1.54) is 6.42 Å². The Bertz CT molecular complexity index is 1150. The summed E-state index contributed by atoms with van der Waals surface area (Å²) in [6, 6.07) is 14.5. The fourth-order valence-corrected chi connectivity index (χ4v) is 4.21. The number of urea groups is 1. The summed E-state index contributed by atoms with van der Waals surface area (Å²) in [5.41, 5.74) is 4.90. The molecule has 2 aromatic carbocycles. The van der Waals surface area contributed by atoms with Crippen LogP contribution >= 0.6 is 0 Å². The summed E-state index contributed by atoms with van der Waals surface area (Å²) in [5.74, 6) is 3.81. The van der Waals surface area contributed by atoms with Crippen molar-refractivity contribution in [2.75, 3.05) is 11.9 Å². The summed E-state index contributed by atoms with van der Waals surface area (Å²) < 4.78 is 8.16. The van der Waals surface area contributed by atoms with Crippen molar-refractivity contribution in [3.63, 3.8) is 0 Å². The molecule has 1 aliphatic carbocycles. The van der Waals surface area contributed by atoms with Gasteiger partial charge in [-0.25, -0.2) is 4.79 Å². The summed E-state index contributed by atoms with van der Waals surface area (Å²) in [7, 11) is 0. The maximum Gasteiger partial charge on any atom is 0.319 e. The molecule has 0 saturated heterocycles. The topological polar surface area (TPSA) is 55.3 Å². The number of carbonyl (C=O) groups excluding carboxylic acids is 1. The minimum atomic E-state index is -0.191. The molecule has 1 fully saturated rings. The second-order valence-corrected chi connectivity index (χ2v) is 8.42. The zero-order valence-corrected chi connectivity index (χ0v) is 19.1. The highest BCUT2D eigenvalue weighted by Gasteiger charge is 2.27. The normalized spacial score (nSPS) is 14.4. The molecule has 2 N–H and O–H groups in total. The molecule has 1 aliphatic rings. The molecule has 0 bridgehead atoms. The number of anilines is 1. The van der Waals surface area contributed by atoms with E-state index in [1.807, 2.05) is 51.1 Å². The molecule has 0 unspecified atom stereocenters. The first kappa shape index (κ1) is 21.8. The number of ether oxygens (including phenoxy) is 1. The van der Waals surface area contributed by atoms with Crippen LogP contribution in [0.2, 0.25) is 0 Å². The first-order valence-corrected chi connectivity index (χ1v) is 11.5. The smallest absolute Gasteiger partial charge is 0.319 e. The monoisotopic (exact) mass is 429 g/mol. The number of fused-ring (bicyclic) bond motifs is 1. The lowest BCUT2D eigenvalue weighted by atomic mass is 9.92. The quantitative estimate of drug-likeness (QED) is 0.431. The summed E-state index contributed by atoms with van der Waals surface area (Å²) in [6.07, 6.45) is 10.4. The Morgan fingerprint density at radius 3 is 2.56 bits per heavy atom. The predicted octanol–water partition coefficient (Wildman–Crippen LogP) is 6.33. The molecule has 3 aromatic rings. The molecule has 1 heterocycles. The van der Waals surface area contributed by atoms with Crippen LogP contribution in [0.5, 0.6) is 5.75 Å². The van der Waals surface area contributed by atoms with Gasteiger partial charge in [-0.2, -0.15) is 0 Å². The number of hydrogen-bond donors (Lipinski definition) is 2. The molecule has 1 atom stereocenters. The highest BCUT2D eigenvalue weighted by molar-refractivity contribution is 5.96. The van der Waals surface area contributed by atoms with E-state index in [2.05, 4.69) is 33.3 Å². The molecule has 1 saturated carbocycles. The highest BCUT2D eigenvalue weighted by atomic mass is 16.5. The van der Waals surface area contributed by atoms with Crippen LogP contribution in [0.15, 0.2) is 42.5 Å². The van der Waals surface area contributed by atoms with Gasteiger partial charge in [0.1, 0.15) is 5.75 Å². The standard InChI is InChI=1S/C27H31N3O2/c1-5-18(4)28-27(31)29-20-13-11-19(12-14-20)26-23(6-2)24-16-15-22(32-7-3)17-25(24)30(26)21-9-8-10-21/h2,11-18,21H,5,7-10H2,1,3-4H3,(H2,28,29,31)/t18-/m0/s1. The first-order chi connectivity index (χ1) is 15.5. The Balaban J connectivity index is 1.73. The Morgan fingerprint density at radius 2 is 1.97 bits per heavy atom. The Kier molecular flexibility index (Phi) is 6.41. The van der Waals surface area contributed by atoms with E-state index in [0.29, 0.717) is 12.6 Å². The zero-order valence-electron chi connectivity index (χ0n) is 19.1. The van der Waals surface area contributed by atoms with Gasteiger partial charge in [0.2, 0.25) is 0 Å². The van der Waals surface area contributed by atoms with Gasteiger partial charge in [-0.3, -0.25) is 0 Å². The van der Waals surface area contributed by atoms with Gasteiger partial charge in [-0.05, 0) is 69.4 Å². The number of terminal acetylenes is 1. The van der Waals surface area contributed by atoms with E-state index in [4.69, 9.17) is 11.2 Å². The van der Waals surface area contributed by atoms with Crippen molar-refractivity contribution >= 4 is 22.6 Å². The van der Waals surface area contributed by atoms with Crippen LogP contribution in [0.4, 0.5) is 10.5 Å². The first-order valence-electron chi connectivity index (χ1n) is 11.5. The molecule has 5 nitrogen and oxygen atoms in total. The van der Waals surface area contributed by atoms with E-state index in [1.54, 1.807) is 0 Å². The zero-order chi connectivity index (χ0) is 22.7. The molecule has 5 heteroatoms. The molecule has 32 heavy (non-hydrogen) atoms. The number of benzene rings is 2. The third-order valence-electron chi connectivity index (χ3n) is 6.28. The minimum absolute atomic E-state index is 0.132. The number of nitrogens with zero attached hydrogens (tertiary/aromatic N) is 1. The maximum atomic E-state index is 12.2. The number of nitrogens with one attached hydrogen (secondary N) is 2. The predicted molar refractivity (Wildman–Crippen MR) is 131 cm³/mol. The van der Waals surface area contributed by atoms with Crippen LogP contribution in [-0.4, -0.2) is 23.2 Å². The minimum Gasteiger partial charge on any atom is -0.494 e. The third kappa shape index (κ3) is 4.18. The molecule has 0 spiro atoms. The summed E-state index contributed by atoms with van der Waals surface area (Å²) in [5, 5.41) is 6.91. The molecular weight excluding hydrogens is 398 g/mol. The lowest BCUT2D eigenvalue weighted by Gasteiger charge is -2.30. The fraction of sp³-hybridized carbons (Fsp3) is 0.370. The fourth-order valence-electron chi connectivity index (χ4n) is 4.21. The molecule has 4 rings (SSSR count). The average Bonchev–Trinajstić information content (AvgIpc) is 3.06. The summed E-state index contributed by atoms with van der Waals surface area (Å²) in [4.78, 5) is 12.2. The lowest BCUT2D eigenvalue weighted by Crippen LogP contribution is -2.35. The number of hydrogen-bond acceptors (Lipinski definition) is 2. The van der Waals surface area contributed by atoms with Crippen molar-refractivity contribution in [1.82, 2.24) is 9.88 Å². The van der Waals surface area contributed by atoms with Crippen molar-refractivity contribution in [2.45, 2.75) is 58.5 Å². The van der Waals surface area contributed by atoms with Gasteiger partial charge in [-0.15, -0.1) is 6.42 Å². The Labute approximate surface area is 190 Å². The van der Waals surface area contributed by atoms with E-state index in [0.717, 1.165) is 58.4 Å². The Hall–Kier alpha value is -3.39. The molecular formula is C27H31N3O2. The number of amides is 2. The number of rotatable bonds is 7. The number of carbonyl (C=O) groups is 1. The number of aromatic nitrogens is 1. The van der Waals surface area contributed by atoms with Gasteiger partial charge >= 0.3 is 6.03 Å². The third-order valence-corrected chi connectivity index (χ3v) is 6.28. The van der Waals surface area contributed by atoms with Gasteiger partial charge in [0.25, 0.3) is 0 Å². The molecule has 1 aromatic heterocycles. The van der Waals surface area contributed by atoms with E-state index >= 15 is 0 Å². The maximum absolute atomic E-state index is 12.2. The van der Waals surface area contributed by atoms with Gasteiger partial charge in [0, 0.05) is 29.2 Å². The highest BCUT2D eigenvalue weighted by Crippen LogP contribution is 2.43. The van der Waals surface area contributed by atoms with E-state index < -0.39 is 0 Å². The van der Waals surface area contributed by atoms with Crippen LogP contribution < -0.4 is 15.4 Å². The van der Waals surface area contributed by atoms with Gasteiger partial charge in [0.15, 0.2) is 0 Å². The summed E-state index contributed by atoms with van der Waals surface area (Å²) in [6.45, 7) is 6.65. The van der Waals surface area contributed by atoms with Crippen LogP contribution in [0.1, 0.15) is 58.1 Å². The molecule has 166 valence electrons. The van der Waals surface area contributed by atoms with Crippen LogP contribution in [0, 0.1) is 12.3 Å². The van der Waals surface area contributed by atoms with E-state index in [9.17, 15) is 4.79 Å². The average molecular weight is 430 g/mol. The molecule has 0 radical (unpaired) electrons. The van der Waals surface area contributed by atoms with Crippen LogP contribution in [0.25, 0.3) is 22.2 Å². The van der Waals surface area contributed by atoms with Gasteiger partial charge in [-0.1, -0.05) is 25.0 Å². The SMILES string of the molecule is C#Cc1c(-c2ccc(NC(=O)N[C@@H](C)CC)cc2)n(C2CCC2)c2cc(OCC)ccc12. The van der Waals surface area contributed by atoms with E-state index in [-0.39, 0.29) is 12.1 Å².